The number of carbonyl (C=O) groups is 2. The maximum Gasteiger partial charge on any atom is 0.326 e. The number of hydrogen-bond acceptors (Lipinski definition) is 2. The number of aliphatic carboxylic acids is 1. The zero-order valence-corrected chi connectivity index (χ0v) is 10.2. The molecule has 0 saturated carbocycles. The lowest BCUT2D eigenvalue weighted by Crippen LogP contribution is -2.48. The molecule has 0 saturated heterocycles. The van der Waals surface area contributed by atoms with Gasteiger partial charge in [0.05, 0.1) is 0 Å². The molecule has 16 heavy (non-hydrogen) atoms. The molecule has 4 nitrogen and oxygen atoms in total. The highest BCUT2D eigenvalue weighted by atomic mass is 16.4. The summed E-state index contributed by atoms with van der Waals surface area (Å²) >= 11 is 0. The number of nitrogens with one attached hydrogen (secondary N) is 1. The Labute approximate surface area is 96.0 Å². The second-order valence-electron chi connectivity index (χ2n) is 4.53. The minimum atomic E-state index is -1.03. The molecule has 0 aromatic carbocycles. The maximum atomic E-state index is 11.4. The summed E-state index contributed by atoms with van der Waals surface area (Å²) in [4.78, 5) is 22.3. The van der Waals surface area contributed by atoms with Crippen molar-refractivity contribution in [1.82, 2.24) is 5.32 Å². The fourth-order valence-electron chi connectivity index (χ4n) is 1.09. The van der Waals surface area contributed by atoms with Gasteiger partial charge in [-0.15, -0.1) is 0 Å². The van der Waals surface area contributed by atoms with Crippen molar-refractivity contribution in [2.45, 2.75) is 33.7 Å². The average Bonchev–Trinajstić information content (AvgIpc) is 2.12. The van der Waals surface area contributed by atoms with Gasteiger partial charge in [-0.25, -0.2) is 4.79 Å². The Morgan fingerprint density at radius 1 is 1.25 bits per heavy atom. The lowest BCUT2D eigenvalue weighted by Gasteiger charge is -2.27. The van der Waals surface area contributed by atoms with Crippen molar-refractivity contribution in [3.05, 3.63) is 24.3 Å². The van der Waals surface area contributed by atoms with E-state index in [0.29, 0.717) is 0 Å². The van der Waals surface area contributed by atoms with Gasteiger partial charge in [-0.1, -0.05) is 39.0 Å². The van der Waals surface area contributed by atoms with Crippen LogP contribution in [0.1, 0.15) is 27.7 Å². The standard InChI is InChI=1S/C12H19NO3/c1-5-6-7-8-9(14)13-10(11(15)16)12(2,3)4/h5-8,10H,1-4H3,(H,13,14)(H,15,16)/t10-/m0/s1. The van der Waals surface area contributed by atoms with Gasteiger partial charge in [0.1, 0.15) is 6.04 Å². The maximum absolute atomic E-state index is 11.4. The highest BCUT2D eigenvalue weighted by Crippen LogP contribution is 2.19. The smallest absolute Gasteiger partial charge is 0.326 e. The van der Waals surface area contributed by atoms with Crippen molar-refractivity contribution in [3.8, 4) is 0 Å². The summed E-state index contributed by atoms with van der Waals surface area (Å²) in [6.45, 7) is 7.13. The van der Waals surface area contributed by atoms with Crippen LogP contribution in [-0.4, -0.2) is 23.0 Å². The molecule has 4 heteroatoms. The molecule has 1 atom stereocenters. The van der Waals surface area contributed by atoms with Crippen LogP contribution >= 0.6 is 0 Å². The number of amides is 1. The molecular formula is C12H19NO3. The largest absolute Gasteiger partial charge is 0.480 e. The van der Waals surface area contributed by atoms with Crippen LogP contribution in [0.4, 0.5) is 0 Å². The number of hydrogen-bond donors (Lipinski definition) is 2. The first-order valence-electron chi connectivity index (χ1n) is 5.11. The Morgan fingerprint density at radius 3 is 2.19 bits per heavy atom. The van der Waals surface area contributed by atoms with Gasteiger partial charge in [0, 0.05) is 6.08 Å². The van der Waals surface area contributed by atoms with Crippen LogP contribution in [-0.2, 0) is 9.59 Å². The summed E-state index contributed by atoms with van der Waals surface area (Å²) in [6.07, 6.45) is 6.35. The number of rotatable bonds is 4. The minimum Gasteiger partial charge on any atom is -0.480 e. The van der Waals surface area contributed by atoms with Gasteiger partial charge in [0.25, 0.3) is 0 Å². The normalized spacial score (nSPS) is 14.2. The third-order valence-corrected chi connectivity index (χ3v) is 1.95. The van der Waals surface area contributed by atoms with Crippen molar-refractivity contribution in [1.29, 1.82) is 0 Å². The molecule has 0 aliphatic rings. The van der Waals surface area contributed by atoms with Gasteiger partial charge in [-0.05, 0) is 12.3 Å². The van der Waals surface area contributed by atoms with E-state index in [1.165, 1.54) is 6.08 Å². The summed E-state index contributed by atoms with van der Waals surface area (Å²) in [7, 11) is 0. The van der Waals surface area contributed by atoms with Crippen molar-refractivity contribution in [2.75, 3.05) is 0 Å². The van der Waals surface area contributed by atoms with Crippen molar-refractivity contribution < 1.29 is 14.7 Å². The molecule has 0 aromatic heterocycles. The first kappa shape index (κ1) is 14.4. The lowest BCUT2D eigenvalue weighted by molar-refractivity contribution is -0.144. The summed E-state index contributed by atoms with van der Waals surface area (Å²) in [5, 5.41) is 11.4. The Morgan fingerprint density at radius 2 is 1.81 bits per heavy atom. The molecule has 1 amide bonds. The summed E-state index contributed by atoms with van der Waals surface area (Å²) < 4.78 is 0. The molecular weight excluding hydrogens is 206 g/mol. The molecule has 0 aliphatic carbocycles. The molecule has 0 radical (unpaired) electrons. The molecule has 0 unspecified atom stereocenters. The minimum absolute atomic E-state index is 0.402. The van der Waals surface area contributed by atoms with E-state index in [0.717, 1.165) is 0 Å². The third kappa shape index (κ3) is 5.34. The first-order chi connectivity index (χ1) is 7.29. The van der Waals surface area contributed by atoms with E-state index in [9.17, 15) is 9.59 Å². The number of carboxylic acids is 1. The topological polar surface area (TPSA) is 66.4 Å². The highest BCUT2D eigenvalue weighted by molar-refractivity contribution is 5.91. The van der Waals surface area contributed by atoms with Crippen LogP contribution in [0.5, 0.6) is 0 Å². The Balaban J connectivity index is 4.54. The van der Waals surface area contributed by atoms with E-state index in [4.69, 9.17) is 5.11 Å². The van der Waals surface area contributed by atoms with Crippen LogP contribution in [0.3, 0.4) is 0 Å². The predicted octanol–water partition coefficient (Wildman–Crippen LogP) is 1.73. The van der Waals surface area contributed by atoms with E-state index >= 15 is 0 Å². The van der Waals surface area contributed by atoms with Crippen LogP contribution in [0.2, 0.25) is 0 Å². The fraction of sp³-hybridized carbons (Fsp3) is 0.500. The van der Waals surface area contributed by atoms with Gasteiger partial charge in [0.2, 0.25) is 5.91 Å². The molecule has 0 spiro atoms. The Bertz CT molecular complexity index is 311. The average molecular weight is 225 g/mol. The van der Waals surface area contributed by atoms with Gasteiger partial charge >= 0.3 is 5.97 Å². The fourth-order valence-corrected chi connectivity index (χ4v) is 1.09. The number of carboxylic acid groups (broad SMARTS) is 1. The van der Waals surface area contributed by atoms with E-state index in [1.54, 1.807) is 39.0 Å². The number of carbonyl (C=O) groups excluding carboxylic acids is 1. The predicted molar refractivity (Wildman–Crippen MR) is 63.0 cm³/mol. The van der Waals surface area contributed by atoms with Crippen LogP contribution in [0, 0.1) is 5.41 Å². The van der Waals surface area contributed by atoms with E-state index in [2.05, 4.69) is 5.32 Å². The molecule has 90 valence electrons. The summed E-state index contributed by atoms with van der Waals surface area (Å²) in [5.74, 6) is -1.43. The highest BCUT2D eigenvalue weighted by Gasteiger charge is 2.31. The lowest BCUT2D eigenvalue weighted by atomic mass is 9.87. The van der Waals surface area contributed by atoms with Crippen molar-refractivity contribution in [3.63, 3.8) is 0 Å². The van der Waals surface area contributed by atoms with Crippen molar-refractivity contribution in [2.24, 2.45) is 5.41 Å². The molecule has 0 rings (SSSR count). The molecule has 0 fully saturated rings. The Hall–Kier alpha value is -1.58. The second-order valence-corrected chi connectivity index (χ2v) is 4.53. The van der Waals surface area contributed by atoms with E-state index < -0.39 is 23.3 Å². The van der Waals surface area contributed by atoms with Gasteiger partial charge in [-0.2, -0.15) is 0 Å². The molecule has 0 bridgehead atoms. The monoisotopic (exact) mass is 225 g/mol. The quantitative estimate of drug-likeness (QED) is 0.565. The Kier molecular flexibility index (Phi) is 5.50. The molecule has 0 heterocycles. The van der Waals surface area contributed by atoms with Gasteiger partial charge < -0.3 is 10.4 Å². The molecule has 0 aromatic rings. The number of allylic oxidation sites excluding steroid dienone is 3. The summed E-state index contributed by atoms with van der Waals surface area (Å²) in [6, 6.07) is -0.893. The zero-order chi connectivity index (χ0) is 12.8. The van der Waals surface area contributed by atoms with Gasteiger partial charge in [0.15, 0.2) is 0 Å². The van der Waals surface area contributed by atoms with E-state index in [1.807, 2.05) is 6.92 Å². The van der Waals surface area contributed by atoms with Crippen molar-refractivity contribution >= 4 is 11.9 Å². The molecule has 2 N–H and O–H groups in total. The van der Waals surface area contributed by atoms with Crippen LogP contribution < -0.4 is 5.32 Å². The zero-order valence-electron chi connectivity index (χ0n) is 10.2. The summed E-state index contributed by atoms with van der Waals surface area (Å²) in [5.41, 5.74) is -0.518. The third-order valence-electron chi connectivity index (χ3n) is 1.95. The SMILES string of the molecule is CC=CC=CC(=O)N[C@@H](C(=O)O)C(C)(C)C. The molecule has 0 aliphatic heterocycles. The van der Waals surface area contributed by atoms with E-state index in [-0.39, 0.29) is 0 Å². The van der Waals surface area contributed by atoms with Crippen LogP contribution in [0.15, 0.2) is 24.3 Å². The van der Waals surface area contributed by atoms with Gasteiger partial charge in [-0.3, -0.25) is 4.79 Å². The first-order valence-corrected chi connectivity index (χ1v) is 5.11. The second kappa shape index (κ2) is 6.10. The van der Waals surface area contributed by atoms with Crippen LogP contribution in [0.25, 0.3) is 0 Å².